The second-order valence-electron chi connectivity index (χ2n) is 5.50. The molecule has 0 saturated carbocycles. The molecule has 27 heavy (non-hydrogen) atoms. The third-order valence-corrected chi connectivity index (χ3v) is 5.54. The summed E-state index contributed by atoms with van der Waals surface area (Å²) in [6.45, 7) is 0. The molecule has 0 bridgehead atoms. The minimum absolute atomic E-state index is 0.159. The minimum atomic E-state index is -0.401. The van der Waals surface area contributed by atoms with Crippen molar-refractivity contribution >= 4 is 41.0 Å². The fourth-order valence-electron chi connectivity index (χ4n) is 2.24. The Bertz CT molecular complexity index is 931. The van der Waals surface area contributed by atoms with Crippen LogP contribution < -0.4 is 11.1 Å². The van der Waals surface area contributed by atoms with Gasteiger partial charge >= 0.3 is 0 Å². The Labute approximate surface area is 165 Å². The number of primary amides is 1. The van der Waals surface area contributed by atoms with Crippen LogP contribution in [-0.4, -0.2) is 22.6 Å². The van der Waals surface area contributed by atoms with E-state index in [4.69, 9.17) is 5.73 Å². The number of amides is 2. The highest BCUT2D eigenvalue weighted by Gasteiger charge is 2.10. The van der Waals surface area contributed by atoms with Crippen molar-refractivity contribution in [2.75, 3.05) is 11.1 Å². The zero-order chi connectivity index (χ0) is 19.1. The van der Waals surface area contributed by atoms with Crippen LogP contribution in [0.5, 0.6) is 0 Å². The van der Waals surface area contributed by atoms with Gasteiger partial charge in [-0.25, -0.2) is 4.98 Å². The van der Waals surface area contributed by atoms with Crippen LogP contribution in [0.25, 0.3) is 0 Å². The van der Waals surface area contributed by atoms with Crippen molar-refractivity contribution in [3.05, 3.63) is 78.5 Å². The van der Waals surface area contributed by atoms with Crippen molar-refractivity contribution in [2.45, 2.75) is 14.8 Å². The number of para-hydroxylation sites is 1. The standard InChI is InChI=1S/C20H17N3O2S2/c21-18(24)13-26-17-6-2-1-5-16(17)23-20(25)14-8-10-15(11-9-14)27-19-7-3-4-12-22-19/h1-12H,13H2,(H2,21,24)(H,23,25). The van der Waals surface area contributed by atoms with Gasteiger partial charge in [-0.15, -0.1) is 11.8 Å². The van der Waals surface area contributed by atoms with Crippen molar-refractivity contribution in [3.8, 4) is 0 Å². The molecule has 0 aliphatic heterocycles. The summed E-state index contributed by atoms with van der Waals surface area (Å²) in [5.74, 6) is -0.453. The van der Waals surface area contributed by atoms with Crippen molar-refractivity contribution in [2.24, 2.45) is 5.73 Å². The predicted molar refractivity (Wildman–Crippen MR) is 109 cm³/mol. The van der Waals surface area contributed by atoms with Gasteiger partial charge in [-0.05, 0) is 48.5 Å². The third kappa shape index (κ3) is 5.60. The first-order valence-corrected chi connectivity index (χ1v) is 9.92. The molecule has 5 nitrogen and oxygen atoms in total. The van der Waals surface area contributed by atoms with E-state index in [0.717, 1.165) is 14.8 Å². The maximum Gasteiger partial charge on any atom is 0.255 e. The number of carbonyl (C=O) groups excluding carboxylic acids is 2. The molecule has 0 radical (unpaired) electrons. The summed E-state index contributed by atoms with van der Waals surface area (Å²) in [5, 5.41) is 3.79. The van der Waals surface area contributed by atoms with Crippen LogP contribution in [0.3, 0.4) is 0 Å². The van der Waals surface area contributed by atoms with E-state index in [2.05, 4.69) is 10.3 Å². The van der Waals surface area contributed by atoms with Gasteiger partial charge in [-0.1, -0.05) is 30.0 Å². The van der Waals surface area contributed by atoms with Crippen molar-refractivity contribution in [1.82, 2.24) is 4.98 Å². The van der Waals surface area contributed by atoms with E-state index >= 15 is 0 Å². The van der Waals surface area contributed by atoms with Gasteiger partial charge in [0.1, 0.15) is 5.03 Å². The second-order valence-corrected chi connectivity index (χ2v) is 7.61. The van der Waals surface area contributed by atoms with Crippen molar-refractivity contribution in [3.63, 3.8) is 0 Å². The summed E-state index contributed by atoms with van der Waals surface area (Å²) in [6, 6.07) is 20.4. The first-order valence-electron chi connectivity index (χ1n) is 8.12. The lowest BCUT2D eigenvalue weighted by atomic mass is 10.2. The van der Waals surface area contributed by atoms with Crippen LogP contribution in [0.15, 0.2) is 87.7 Å². The SMILES string of the molecule is NC(=O)CSc1ccccc1NC(=O)c1ccc(Sc2ccccn2)cc1. The number of hydrogen-bond acceptors (Lipinski definition) is 5. The van der Waals surface area contributed by atoms with E-state index in [1.165, 1.54) is 23.5 Å². The Morgan fingerprint density at radius 1 is 0.963 bits per heavy atom. The van der Waals surface area contributed by atoms with Crippen LogP contribution >= 0.6 is 23.5 Å². The Hall–Kier alpha value is -2.77. The summed E-state index contributed by atoms with van der Waals surface area (Å²) in [4.78, 5) is 29.6. The number of aromatic nitrogens is 1. The number of pyridine rings is 1. The second kappa shape index (κ2) is 9.25. The molecule has 0 fully saturated rings. The van der Waals surface area contributed by atoms with Crippen molar-refractivity contribution in [1.29, 1.82) is 0 Å². The van der Waals surface area contributed by atoms with Gasteiger partial charge in [-0.2, -0.15) is 0 Å². The summed E-state index contributed by atoms with van der Waals surface area (Å²) < 4.78 is 0. The van der Waals surface area contributed by atoms with Gasteiger partial charge in [-0.3, -0.25) is 9.59 Å². The van der Waals surface area contributed by atoms with E-state index in [0.29, 0.717) is 11.3 Å². The lowest BCUT2D eigenvalue weighted by Crippen LogP contribution is -2.14. The average molecular weight is 396 g/mol. The van der Waals surface area contributed by atoms with Crippen LogP contribution in [0.4, 0.5) is 5.69 Å². The number of rotatable bonds is 7. The van der Waals surface area contributed by atoms with Gasteiger partial charge in [0.2, 0.25) is 5.91 Å². The maximum absolute atomic E-state index is 12.5. The molecular formula is C20H17N3O2S2. The molecule has 3 rings (SSSR count). The average Bonchev–Trinajstić information content (AvgIpc) is 2.68. The van der Waals surface area contributed by atoms with Crippen LogP contribution in [0, 0.1) is 0 Å². The molecule has 1 aromatic heterocycles. The van der Waals surface area contributed by atoms with E-state index in [1.54, 1.807) is 24.4 Å². The van der Waals surface area contributed by atoms with Gasteiger partial charge in [0, 0.05) is 21.6 Å². The molecule has 1 heterocycles. The molecule has 7 heteroatoms. The molecule has 2 aromatic carbocycles. The Kier molecular flexibility index (Phi) is 6.51. The minimum Gasteiger partial charge on any atom is -0.369 e. The van der Waals surface area contributed by atoms with Crippen molar-refractivity contribution < 1.29 is 9.59 Å². The number of anilines is 1. The number of nitrogens with zero attached hydrogens (tertiary/aromatic N) is 1. The molecule has 0 unspecified atom stereocenters. The predicted octanol–water partition coefficient (Wildman–Crippen LogP) is 4.06. The Balaban J connectivity index is 1.67. The van der Waals surface area contributed by atoms with E-state index in [1.807, 2.05) is 48.5 Å². The normalized spacial score (nSPS) is 10.4. The van der Waals surface area contributed by atoms with Gasteiger partial charge in [0.15, 0.2) is 0 Å². The summed E-state index contributed by atoms with van der Waals surface area (Å²) in [5.41, 5.74) is 6.40. The summed E-state index contributed by atoms with van der Waals surface area (Å²) in [6.07, 6.45) is 1.75. The summed E-state index contributed by atoms with van der Waals surface area (Å²) >= 11 is 2.83. The molecule has 0 atom stereocenters. The molecule has 0 aliphatic rings. The van der Waals surface area contributed by atoms with E-state index in [-0.39, 0.29) is 11.7 Å². The van der Waals surface area contributed by atoms with Gasteiger partial charge in [0.05, 0.1) is 11.4 Å². The number of thioether (sulfide) groups is 1. The van der Waals surface area contributed by atoms with Gasteiger partial charge < -0.3 is 11.1 Å². The first-order chi connectivity index (χ1) is 13.1. The van der Waals surface area contributed by atoms with Gasteiger partial charge in [0.25, 0.3) is 5.91 Å². The fraction of sp³-hybridized carbons (Fsp3) is 0.0500. The number of nitrogens with one attached hydrogen (secondary N) is 1. The van der Waals surface area contributed by atoms with Crippen LogP contribution in [-0.2, 0) is 4.79 Å². The molecular weight excluding hydrogens is 378 g/mol. The Morgan fingerprint density at radius 3 is 2.41 bits per heavy atom. The highest BCUT2D eigenvalue weighted by atomic mass is 32.2. The van der Waals surface area contributed by atoms with Crippen LogP contribution in [0.1, 0.15) is 10.4 Å². The highest BCUT2D eigenvalue weighted by Crippen LogP contribution is 2.28. The zero-order valence-corrected chi connectivity index (χ0v) is 15.9. The lowest BCUT2D eigenvalue weighted by Gasteiger charge is -2.10. The number of carbonyl (C=O) groups is 2. The molecule has 0 spiro atoms. The molecule has 3 N–H and O–H groups in total. The maximum atomic E-state index is 12.5. The number of nitrogens with two attached hydrogens (primary N) is 1. The zero-order valence-electron chi connectivity index (χ0n) is 14.3. The fourth-order valence-corrected chi connectivity index (χ4v) is 3.76. The number of benzene rings is 2. The van der Waals surface area contributed by atoms with Crippen LogP contribution in [0.2, 0.25) is 0 Å². The van der Waals surface area contributed by atoms with E-state index < -0.39 is 5.91 Å². The Morgan fingerprint density at radius 2 is 1.70 bits per heavy atom. The largest absolute Gasteiger partial charge is 0.369 e. The molecule has 3 aromatic rings. The topological polar surface area (TPSA) is 85.1 Å². The smallest absolute Gasteiger partial charge is 0.255 e. The molecule has 136 valence electrons. The summed E-state index contributed by atoms with van der Waals surface area (Å²) in [7, 11) is 0. The lowest BCUT2D eigenvalue weighted by molar-refractivity contribution is -0.115. The number of hydrogen-bond donors (Lipinski definition) is 2. The molecule has 2 amide bonds. The first kappa shape index (κ1) is 19.0. The quantitative estimate of drug-likeness (QED) is 0.589. The highest BCUT2D eigenvalue weighted by molar-refractivity contribution is 8.00. The third-order valence-electron chi connectivity index (χ3n) is 3.48. The monoisotopic (exact) mass is 395 g/mol. The van der Waals surface area contributed by atoms with E-state index in [9.17, 15) is 9.59 Å². The molecule has 0 saturated heterocycles. The molecule has 0 aliphatic carbocycles.